The van der Waals surface area contributed by atoms with Crippen molar-refractivity contribution in [1.29, 1.82) is 0 Å². The molecule has 0 aliphatic rings. The van der Waals surface area contributed by atoms with E-state index in [1.54, 1.807) is 18.0 Å². The van der Waals surface area contributed by atoms with E-state index < -0.39 is 12.0 Å². The standard InChI is InChI=1S/C28H42N2O2S/c1-21(2)9-7-10-23(5)11-8-12-25(14-13-22(3)4)16-18-33-20-26(28(31)32)30-27-19-24(6)15-17-29-27/h9,11,13,15-17,19,26H,7-8,10,12,14,18,20H2,1-6H3,(H,29,30)(H,31,32). The number of anilines is 1. The lowest BCUT2D eigenvalue weighted by atomic mass is 10.0. The fourth-order valence-corrected chi connectivity index (χ4v) is 4.10. The van der Waals surface area contributed by atoms with Gasteiger partial charge >= 0.3 is 5.97 Å². The maximum absolute atomic E-state index is 11.7. The Hall–Kier alpha value is -2.27. The summed E-state index contributed by atoms with van der Waals surface area (Å²) in [7, 11) is 0. The van der Waals surface area contributed by atoms with Gasteiger partial charge in [0.15, 0.2) is 0 Å². The van der Waals surface area contributed by atoms with Crippen LogP contribution in [-0.2, 0) is 4.79 Å². The number of carboxylic acid groups (broad SMARTS) is 1. The second-order valence-corrected chi connectivity index (χ2v) is 10.1. The highest BCUT2D eigenvalue weighted by atomic mass is 32.2. The molecule has 1 atom stereocenters. The van der Waals surface area contributed by atoms with Crippen LogP contribution in [0.3, 0.4) is 0 Å². The van der Waals surface area contributed by atoms with Crippen LogP contribution in [0.1, 0.15) is 72.3 Å². The summed E-state index contributed by atoms with van der Waals surface area (Å²) >= 11 is 1.64. The number of rotatable bonds is 15. The number of nitrogens with zero attached hydrogens (tertiary/aromatic N) is 1. The number of aryl methyl sites for hydroxylation is 1. The fraction of sp³-hybridized carbons (Fsp3) is 0.500. The average molecular weight is 471 g/mol. The Balaban J connectivity index is 2.61. The molecule has 2 N–H and O–H groups in total. The van der Waals surface area contributed by atoms with Gasteiger partial charge in [-0.25, -0.2) is 9.78 Å². The lowest BCUT2D eigenvalue weighted by Gasteiger charge is -2.15. The van der Waals surface area contributed by atoms with Gasteiger partial charge in [-0.1, -0.05) is 46.6 Å². The van der Waals surface area contributed by atoms with E-state index in [-0.39, 0.29) is 0 Å². The number of nitrogens with one attached hydrogen (secondary N) is 1. The van der Waals surface area contributed by atoms with Gasteiger partial charge in [0.05, 0.1) is 0 Å². The molecule has 0 saturated heterocycles. The molecule has 0 aromatic carbocycles. The number of carboxylic acids is 1. The first-order valence-electron chi connectivity index (χ1n) is 11.8. The fourth-order valence-electron chi connectivity index (χ4n) is 3.15. The normalized spacial score (nSPS) is 12.8. The van der Waals surface area contributed by atoms with E-state index in [0.29, 0.717) is 11.6 Å². The van der Waals surface area contributed by atoms with Crippen LogP contribution in [0.2, 0.25) is 0 Å². The van der Waals surface area contributed by atoms with Gasteiger partial charge in [0.1, 0.15) is 11.9 Å². The maximum atomic E-state index is 11.7. The number of thioether (sulfide) groups is 1. The Kier molecular flexibility index (Phi) is 14.3. The molecule has 4 nitrogen and oxygen atoms in total. The van der Waals surface area contributed by atoms with Gasteiger partial charge in [-0.05, 0) is 91.3 Å². The van der Waals surface area contributed by atoms with Crippen molar-refractivity contribution >= 4 is 23.5 Å². The summed E-state index contributed by atoms with van der Waals surface area (Å²) in [5, 5.41) is 12.6. The molecule has 0 fully saturated rings. The zero-order chi connectivity index (χ0) is 24.6. The molecule has 1 unspecified atom stereocenters. The van der Waals surface area contributed by atoms with Gasteiger partial charge < -0.3 is 10.4 Å². The number of carbonyl (C=O) groups is 1. The smallest absolute Gasteiger partial charge is 0.327 e. The van der Waals surface area contributed by atoms with E-state index in [1.165, 1.54) is 22.3 Å². The zero-order valence-electron chi connectivity index (χ0n) is 21.3. The van der Waals surface area contributed by atoms with Crippen LogP contribution < -0.4 is 5.32 Å². The molecule has 0 spiro atoms. The Labute approximate surface area is 205 Å². The van der Waals surface area contributed by atoms with Crippen LogP contribution in [0.4, 0.5) is 5.82 Å². The molecular formula is C28H42N2O2S. The summed E-state index contributed by atoms with van der Waals surface area (Å²) in [5.74, 6) is 1.05. The SMILES string of the molecule is CC(C)=CCCC(C)=CCCC(=CCSCC(Nc1cc(C)ccn1)C(=O)O)CC=C(C)C. The topological polar surface area (TPSA) is 62.2 Å². The van der Waals surface area contributed by atoms with E-state index in [1.807, 2.05) is 19.1 Å². The van der Waals surface area contributed by atoms with Gasteiger partial charge in [0, 0.05) is 17.7 Å². The molecule has 33 heavy (non-hydrogen) atoms. The minimum atomic E-state index is -0.853. The van der Waals surface area contributed by atoms with E-state index in [4.69, 9.17) is 0 Å². The molecule has 5 heteroatoms. The molecular weight excluding hydrogens is 428 g/mol. The summed E-state index contributed by atoms with van der Waals surface area (Å²) in [4.78, 5) is 15.9. The summed E-state index contributed by atoms with van der Waals surface area (Å²) < 4.78 is 0. The van der Waals surface area contributed by atoms with Crippen LogP contribution in [0, 0.1) is 6.92 Å². The molecule has 0 saturated carbocycles. The van der Waals surface area contributed by atoms with Crippen LogP contribution in [-0.4, -0.2) is 33.6 Å². The van der Waals surface area contributed by atoms with E-state index >= 15 is 0 Å². The van der Waals surface area contributed by atoms with Crippen molar-refractivity contribution < 1.29 is 9.90 Å². The second-order valence-electron chi connectivity index (χ2n) is 9.05. The highest BCUT2D eigenvalue weighted by Gasteiger charge is 2.17. The van der Waals surface area contributed by atoms with Crippen molar-refractivity contribution in [2.75, 3.05) is 16.8 Å². The third kappa shape index (κ3) is 14.5. The van der Waals surface area contributed by atoms with Gasteiger partial charge in [0.2, 0.25) is 0 Å². The zero-order valence-corrected chi connectivity index (χ0v) is 22.1. The second kappa shape index (κ2) is 16.4. The molecule has 182 valence electrons. The summed E-state index contributed by atoms with van der Waals surface area (Å²) in [5.41, 5.74) is 6.61. The predicted octanol–water partition coefficient (Wildman–Crippen LogP) is 7.74. The first-order valence-corrected chi connectivity index (χ1v) is 12.9. The quantitative estimate of drug-likeness (QED) is 0.203. The molecule has 1 aromatic heterocycles. The number of hydrogen-bond acceptors (Lipinski definition) is 4. The minimum absolute atomic E-state index is 0.487. The van der Waals surface area contributed by atoms with Gasteiger partial charge in [-0.3, -0.25) is 0 Å². The Morgan fingerprint density at radius 1 is 1.06 bits per heavy atom. The molecule has 0 aliphatic heterocycles. The van der Waals surface area contributed by atoms with Crippen LogP contribution in [0.15, 0.2) is 64.9 Å². The first-order chi connectivity index (χ1) is 15.7. The summed E-state index contributed by atoms with van der Waals surface area (Å²) in [6.07, 6.45) is 16.2. The van der Waals surface area contributed by atoms with Crippen molar-refractivity contribution in [3.8, 4) is 0 Å². The minimum Gasteiger partial charge on any atom is -0.480 e. The Morgan fingerprint density at radius 3 is 2.39 bits per heavy atom. The number of allylic oxidation sites excluding steroid dienone is 7. The lowest BCUT2D eigenvalue weighted by Crippen LogP contribution is -2.32. The highest BCUT2D eigenvalue weighted by Crippen LogP contribution is 2.18. The highest BCUT2D eigenvalue weighted by molar-refractivity contribution is 7.99. The number of hydrogen-bond donors (Lipinski definition) is 2. The number of aromatic nitrogens is 1. The van der Waals surface area contributed by atoms with Gasteiger partial charge in [-0.15, -0.1) is 0 Å². The number of aliphatic carboxylic acids is 1. The molecule has 0 amide bonds. The van der Waals surface area contributed by atoms with E-state index in [2.05, 4.69) is 69.2 Å². The monoisotopic (exact) mass is 470 g/mol. The molecule has 0 radical (unpaired) electrons. The van der Waals surface area contributed by atoms with Crippen molar-refractivity contribution in [3.05, 3.63) is 70.5 Å². The lowest BCUT2D eigenvalue weighted by molar-refractivity contribution is -0.137. The van der Waals surface area contributed by atoms with Crippen molar-refractivity contribution in [2.24, 2.45) is 0 Å². The average Bonchev–Trinajstić information content (AvgIpc) is 2.73. The van der Waals surface area contributed by atoms with Gasteiger partial charge in [-0.2, -0.15) is 11.8 Å². The predicted molar refractivity (Wildman–Crippen MR) is 145 cm³/mol. The van der Waals surface area contributed by atoms with Gasteiger partial charge in [0.25, 0.3) is 0 Å². The summed E-state index contributed by atoms with van der Waals surface area (Å²) in [6.45, 7) is 12.7. The molecule has 1 heterocycles. The summed E-state index contributed by atoms with van der Waals surface area (Å²) in [6, 6.07) is 3.10. The van der Waals surface area contributed by atoms with E-state index in [0.717, 1.165) is 43.4 Å². The van der Waals surface area contributed by atoms with Crippen LogP contribution in [0.25, 0.3) is 0 Å². The Bertz CT molecular complexity index is 860. The van der Waals surface area contributed by atoms with Crippen LogP contribution >= 0.6 is 11.8 Å². The van der Waals surface area contributed by atoms with Crippen molar-refractivity contribution in [2.45, 2.75) is 79.7 Å². The van der Waals surface area contributed by atoms with Crippen molar-refractivity contribution in [3.63, 3.8) is 0 Å². The molecule has 1 rings (SSSR count). The molecule has 1 aromatic rings. The van der Waals surface area contributed by atoms with E-state index in [9.17, 15) is 9.90 Å². The van der Waals surface area contributed by atoms with Crippen LogP contribution in [0.5, 0.6) is 0 Å². The molecule has 0 bridgehead atoms. The molecule has 0 aliphatic carbocycles. The third-order valence-electron chi connectivity index (χ3n) is 5.13. The van der Waals surface area contributed by atoms with Crippen molar-refractivity contribution in [1.82, 2.24) is 4.98 Å². The third-order valence-corrected chi connectivity index (χ3v) is 6.10. The largest absolute Gasteiger partial charge is 0.480 e. The number of pyridine rings is 1. The maximum Gasteiger partial charge on any atom is 0.327 e. The Morgan fingerprint density at radius 2 is 1.76 bits per heavy atom. The first kappa shape index (κ1) is 28.8.